The predicted molar refractivity (Wildman–Crippen MR) is 63.1 cm³/mol. The number of rotatable bonds is 4. The summed E-state index contributed by atoms with van der Waals surface area (Å²) in [6.45, 7) is 6.03. The van der Waals surface area contributed by atoms with E-state index in [0.717, 1.165) is 18.8 Å². The van der Waals surface area contributed by atoms with Gasteiger partial charge in [0.1, 0.15) is 0 Å². The number of nitrogens with zero attached hydrogens (tertiary/aromatic N) is 2. The summed E-state index contributed by atoms with van der Waals surface area (Å²) in [5.41, 5.74) is 1.58. The summed E-state index contributed by atoms with van der Waals surface area (Å²) in [5, 5.41) is 10.4. The molecule has 0 aliphatic carbocycles. The number of nitriles is 1. The molecule has 4 heteroatoms. The van der Waals surface area contributed by atoms with Crippen molar-refractivity contribution in [2.24, 2.45) is 0 Å². The van der Waals surface area contributed by atoms with Crippen molar-refractivity contribution in [3.63, 3.8) is 0 Å². The molecule has 1 aromatic carbocycles. The van der Waals surface area contributed by atoms with Crippen LogP contribution < -0.4 is 10.2 Å². The lowest BCUT2D eigenvalue weighted by atomic mass is 10.2. The van der Waals surface area contributed by atoms with E-state index in [4.69, 9.17) is 5.26 Å². The molecule has 1 N–H and O–H groups in total. The van der Waals surface area contributed by atoms with E-state index in [1.54, 1.807) is 18.3 Å². The molecule has 16 heavy (non-hydrogen) atoms. The highest BCUT2D eigenvalue weighted by Crippen LogP contribution is 2.14. The Labute approximate surface area is 95.5 Å². The van der Waals surface area contributed by atoms with Crippen LogP contribution in [0.3, 0.4) is 0 Å². The molecule has 0 saturated carbocycles. The van der Waals surface area contributed by atoms with Crippen LogP contribution in [0.5, 0.6) is 0 Å². The Kier molecular flexibility index (Phi) is 4.34. The molecule has 1 amide bonds. The summed E-state index contributed by atoms with van der Waals surface area (Å²) >= 11 is 0. The fourth-order valence-corrected chi connectivity index (χ4v) is 1.54. The quantitative estimate of drug-likeness (QED) is 0.617. The fourth-order valence-electron chi connectivity index (χ4n) is 1.54. The first-order valence-corrected chi connectivity index (χ1v) is 5.27. The predicted octanol–water partition coefficient (Wildman–Crippen LogP) is 1.74. The van der Waals surface area contributed by atoms with E-state index >= 15 is 0 Å². The molecule has 0 spiro atoms. The van der Waals surface area contributed by atoms with E-state index in [2.05, 4.69) is 24.1 Å². The average Bonchev–Trinajstić information content (AvgIpc) is 2.32. The molecule has 0 aromatic heterocycles. The summed E-state index contributed by atoms with van der Waals surface area (Å²) in [5.74, 6) is -0.367. The van der Waals surface area contributed by atoms with Gasteiger partial charge in [-0.2, -0.15) is 5.26 Å². The second kappa shape index (κ2) is 5.76. The normalized spacial score (nSPS) is 9.31. The lowest BCUT2D eigenvalue weighted by molar-refractivity contribution is 0.0973. The van der Waals surface area contributed by atoms with Gasteiger partial charge in [-0.1, -0.05) is 0 Å². The van der Waals surface area contributed by atoms with Crippen LogP contribution in [-0.4, -0.2) is 19.0 Å². The number of hydrogen-bond acceptors (Lipinski definition) is 3. The van der Waals surface area contributed by atoms with Crippen molar-refractivity contribution in [1.29, 1.82) is 5.26 Å². The van der Waals surface area contributed by atoms with Gasteiger partial charge in [0, 0.05) is 24.3 Å². The Hall–Kier alpha value is -2.02. The highest BCUT2D eigenvalue weighted by atomic mass is 16.1. The summed E-state index contributed by atoms with van der Waals surface area (Å²) in [6, 6.07) is 7.22. The maximum atomic E-state index is 11.3. The van der Waals surface area contributed by atoms with Crippen molar-refractivity contribution < 1.29 is 4.79 Å². The Bertz CT molecular complexity index is 388. The maximum absolute atomic E-state index is 11.3. The molecule has 1 rings (SSSR count). The summed E-state index contributed by atoms with van der Waals surface area (Å²) in [7, 11) is 0. The van der Waals surface area contributed by atoms with Crippen LogP contribution in [-0.2, 0) is 0 Å². The largest absolute Gasteiger partial charge is 0.372 e. The van der Waals surface area contributed by atoms with Gasteiger partial charge < -0.3 is 4.90 Å². The first-order chi connectivity index (χ1) is 7.72. The second-order valence-corrected chi connectivity index (χ2v) is 3.29. The number of carbonyl (C=O) groups excluding carboxylic acids is 1. The lowest BCUT2D eigenvalue weighted by Gasteiger charge is -2.20. The van der Waals surface area contributed by atoms with Crippen LogP contribution >= 0.6 is 0 Å². The van der Waals surface area contributed by atoms with E-state index in [9.17, 15) is 4.79 Å². The maximum Gasteiger partial charge on any atom is 0.264 e. The van der Waals surface area contributed by atoms with Gasteiger partial charge in [-0.05, 0) is 38.1 Å². The SMILES string of the molecule is CCN(CC)c1ccc(C(=O)NC#N)cc1. The number of carbonyl (C=O) groups is 1. The average molecular weight is 217 g/mol. The van der Waals surface area contributed by atoms with Gasteiger partial charge >= 0.3 is 0 Å². The topological polar surface area (TPSA) is 56.1 Å². The van der Waals surface area contributed by atoms with Crippen LogP contribution in [0.15, 0.2) is 24.3 Å². The van der Waals surface area contributed by atoms with Gasteiger partial charge in [-0.15, -0.1) is 0 Å². The number of anilines is 1. The van der Waals surface area contributed by atoms with Crippen molar-refractivity contribution in [3.8, 4) is 6.19 Å². The lowest BCUT2D eigenvalue weighted by Crippen LogP contribution is -2.22. The Morgan fingerprint density at radius 2 is 1.88 bits per heavy atom. The number of hydrogen-bond donors (Lipinski definition) is 1. The monoisotopic (exact) mass is 217 g/mol. The van der Waals surface area contributed by atoms with Gasteiger partial charge in [0.2, 0.25) is 0 Å². The van der Waals surface area contributed by atoms with E-state index in [1.165, 1.54) is 0 Å². The molecule has 0 atom stereocenters. The molecule has 0 fully saturated rings. The first kappa shape index (κ1) is 12.1. The fraction of sp³-hybridized carbons (Fsp3) is 0.333. The first-order valence-electron chi connectivity index (χ1n) is 5.27. The van der Waals surface area contributed by atoms with Crippen molar-refractivity contribution in [1.82, 2.24) is 5.32 Å². The molecule has 84 valence electrons. The van der Waals surface area contributed by atoms with Crippen LogP contribution in [0.25, 0.3) is 0 Å². The zero-order valence-electron chi connectivity index (χ0n) is 9.53. The van der Waals surface area contributed by atoms with E-state index in [0.29, 0.717) is 5.56 Å². The third-order valence-electron chi connectivity index (χ3n) is 2.43. The standard InChI is InChI=1S/C12H15N3O/c1-3-15(4-2)11-7-5-10(6-8-11)12(16)14-9-13/h5-8H,3-4H2,1-2H3,(H,14,16). The van der Waals surface area contributed by atoms with Gasteiger partial charge in [-0.3, -0.25) is 10.1 Å². The highest BCUT2D eigenvalue weighted by molar-refractivity contribution is 5.95. The van der Waals surface area contributed by atoms with Gasteiger partial charge in [0.15, 0.2) is 6.19 Å². The molecular formula is C12H15N3O. The number of benzene rings is 1. The summed E-state index contributed by atoms with van der Waals surface area (Å²) in [6.07, 6.45) is 1.62. The summed E-state index contributed by atoms with van der Waals surface area (Å²) in [4.78, 5) is 13.5. The molecule has 0 unspecified atom stereocenters. The Morgan fingerprint density at radius 3 is 2.31 bits per heavy atom. The minimum absolute atomic E-state index is 0.367. The number of amides is 1. The van der Waals surface area contributed by atoms with E-state index in [1.807, 2.05) is 12.1 Å². The van der Waals surface area contributed by atoms with Crippen LogP contribution in [0.4, 0.5) is 5.69 Å². The zero-order chi connectivity index (χ0) is 12.0. The Balaban J connectivity index is 2.83. The third-order valence-corrected chi connectivity index (χ3v) is 2.43. The molecule has 0 aliphatic rings. The minimum Gasteiger partial charge on any atom is -0.372 e. The molecule has 0 bridgehead atoms. The smallest absolute Gasteiger partial charge is 0.264 e. The number of nitrogens with one attached hydrogen (secondary N) is 1. The molecule has 0 aliphatic heterocycles. The van der Waals surface area contributed by atoms with E-state index in [-0.39, 0.29) is 5.91 Å². The third kappa shape index (κ3) is 2.74. The Morgan fingerprint density at radius 1 is 1.31 bits per heavy atom. The molecule has 0 saturated heterocycles. The molecular weight excluding hydrogens is 202 g/mol. The van der Waals surface area contributed by atoms with Crippen molar-refractivity contribution >= 4 is 11.6 Å². The van der Waals surface area contributed by atoms with Crippen LogP contribution in [0.2, 0.25) is 0 Å². The molecule has 1 aromatic rings. The molecule has 0 heterocycles. The zero-order valence-corrected chi connectivity index (χ0v) is 9.53. The van der Waals surface area contributed by atoms with Crippen molar-refractivity contribution in [2.75, 3.05) is 18.0 Å². The van der Waals surface area contributed by atoms with Gasteiger partial charge in [-0.25, -0.2) is 0 Å². The second-order valence-electron chi connectivity index (χ2n) is 3.29. The van der Waals surface area contributed by atoms with Gasteiger partial charge in [0.25, 0.3) is 5.91 Å². The van der Waals surface area contributed by atoms with Crippen molar-refractivity contribution in [3.05, 3.63) is 29.8 Å². The molecule has 4 nitrogen and oxygen atoms in total. The molecule has 0 radical (unpaired) electrons. The van der Waals surface area contributed by atoms with Crippen LogP contribution in [0.1, 0.15) is 24.2 Å². The highest BCUT2D eigenvalue weighted by Gasteiger charge is 2.06. The van der Waals surface area contributed by atoms with E-state index < -0.39 is 0 Å². The van der Waals surface area contributed by atoms with Gasteiger partial charge in [0.05, 0.1) is 0 Å². The van der Waals surface area contributed by atoms with Crippen LogP contribution in [0, 0.1) is 11.5 Å². The summed E-state index contributed by atoms with van der Waals surface area (Å²) < 4.78 is 0. The van der Waals surface area contributed by atoms with Crippen molar-refractivity contribution in [2.45, 2.75) is 13.8 Å². The minimum atomic E-state index is -0.367.